The summed E-state index contributed by atoms with van der Waals surface area (Å²) in [5, 5.41) is 2.95. The van der Waals surface area contributed by atoms with Crippen LogP contribution in [0.1, 0.15) is 48.7 Å². The number of ketones is 1. The molecule has 1 saturated heterocycles. The highest BCUT2D eigenvalue weighted by Gasteiger charge is 2.34. The van der Waals surface area contributed by atoms with Crippen LogP contribution in [0, 0.1) is 0 Å². The molecule has 0 unspecified atom stereocenters. The van der Waals surface area contributed by atoms with Crippen molar-refractivity contribution in [3.05, 3.63) is 53.6 Å². The molecule has 6 heteroatoms. The summed E-state index contributed by atoms with van der Waals surface area (Å²) in [4.78, 5) is 26.7. The molecular weight excluding hydrogens is 368 g/mol. The van der Waals surface area contributed by atoms with Crippen LogP contribution in [-0.2, 0) is 4.79 Å². The van der Waals surface area contributed by atoms with Gasteiger partial charge in [0, 0.05) is 22.9 Å². The number of benzene rings is 2. The number of ether oxygens (including phenoxy) is 2. The molecule has 1 aliphatic rings. The summed E-state index contributed by atoms with van der Waals surface area (Å²) in [6, 6.07) is 12.5. The molecule has 2 atom stereocenters. The Labute approximate surface area is 171 Å². The van der Waals surface area contributed by atoms with Gasteiger partial charge in [0.2, 0.25) is 5.91 Å². The quantitative estimate of drug-likeness (QED) is 0.715. The summed E-state index contributed by atoms with van der Waals surface area (Å²) >= 11 is 0. The third kappa shape index (κ3) is 4.59. The van der Waals surface area contributed by atoms with Gasteiger partial charge >= 0.3 is 0 Å². The van der Waals surface area contributed by atoms with Crippen LogP contribution in [-0.4, -0.2) is 43.4 Å². The molecule has 0 aromatic heterocycles. The summed E-state index contributed by atoms with van der Waals surface area (Å²) < 4.78 is 10.9. The number of rotatable bonds is 7. The van der Waals surface area contributed by atoms with Crippen LogP contribution >= 0.6 is 0 Å². The fraction of sp³-hybridized carbons (Fsp3) is 0.391. The van der Waals surface area contributed by atoms with E-state index in [-0.39, 0.29) is 23.8 Å². The predicted octanol–water partition coefficient (Wildman–Crippen LogP) is 4.07. The van der Waals surface area contributed by atoms with Crippen molar-refractivity contribution >= 4 is 17.4 Å². The fourth-order valence-corrected chi connectivity index (χ4v) is 3.90. The molecule has 3 rings (SSSR count). The van der Waals surface area contributed by atoms with Crippen LogP contribution < -0.4 is 14.8 Å². The van der Waals surface area contributed by atoms with Crippen molar-refractivity contribution in [2.24, 2.45) is 0 Å². The lowest BCUT2D eigenvalue weighted by molar-refractivity contribution is -0.121. The summed E-state index contributed by atoms with van der Waals surface area (Å²) in [6.45, 7) is 4.25. The first-order valence-electron chi connectivity index (χ1n) is 9.84. The largest absolute Gasteiger partial charge is 0.497 e. The van der Waals surface area contributed by atoms with Crippen molar-refractivity contribution < 1.29 is 19.1 Å². The molecule has 1 N–H and O–H groups in total. The van der Waals surface area contributed by atoms with Gasteiger partial charge in [0.25, 0.3) is 0 Å². The maximum Gasteiger partial charge on any atom is 0.241 e. The van der Waals surface area contributed by atoms with Gasteiger partial charge < -0.3 is 14.8 Å². The molecule has 29 heavy (non-hydrogen) atoms. The van der Waals surface area contributed by atoms with Gasteiger partial charge in [-0.15, -0.1) is 0 Å². The van der Waals surface area contributed by atoms with E-state index in [2.05, 4.69) is 10.2 Å². The first-order chi connectivity index (χ1) is 13.9. The summed E-state index contributed by atoms with van der Waals surface area (Å²) in [5.74, 6) is 1.44. The highest BCUT2D eigenvalue weighted by atomic mass is 16.5. The second kappa shape index (κ2) is 9.09. The second-order valence-electron chi connectivity index (χ2n) is 7.31. The molecule has 1 heterocycles. The van der Waals surface area contributed by atoms with Gasteiger partial charge in [-0.2, -0.15) is 0 Å². The van der Waals surface area contributed by atoms with Crippen molar-refractivity contribution in [3.8, 4) is 11.5 Å². The molecule has 6 nitrogen and oxygen atoms in total. The minimum atomic E-state index is -0.334. The zero-order valence-corrected chi connectivity index (χ0v) is 17.4. The first-order valence-corrected chi connectivity index (χ1v) is 9.84. The molecule has 0 saturated carbocycles. The van der Waals surface area contributed by atoms with Gasteiger partial charge in [0.05, 0.1) is 20.3 Å². The summed E-state index contributed by atoms with van der Waals surface area (Å²) in [7, 11) is 3.30. The number of amides is 1. The third-order valence-electron chi connectivity index (χ3n) is 5.50. The Morgan fingerprint density at radius 2 is 1.93 bits per heavy atom. The number of likely N-dealkylation sites (tertiary alicyclic amines) is 1. The van der Waals surface area contributed by atoms with Gasteiger partial charge in [-0.05, 0) is 63.6 Å². The molecule has 2 aromatic carbocycles. The van der Waals surface area contributed by atoms with E-state index in [1.807, 2.05) is 25.1 Å². The van der Waals surface area contributed by atoms with E-state index in [1.165, 1.54) is 6.92 Å². The first kappa shape index (κ1) is 20.9. The smallest absolute Gasteiger partial charge is 0.241 e. The lowest BCUT2D eigenvalue weighted by atomic mass is 10.0. The minimum absolute atomic E-state index is 0.0288. The Balaban J connectivity index is 1.79. The van der Waals surface area contributed by atoms with E-state index in [4.69, 9.17) is 9.47 Å². The van der Waals surface area contributed by atoms with E-state index in [9.17, 15) is 9.59 Å². The van der Waals surface area contributed by atoms with Crippen LogP contribution in [0.5, 0.6) is 11.5 Å². The monoisotopic (exact) mass is 396 g/mol. The molecular formula is C23H28N2O4. The maximum atomic E-state index is 12.9. The lowest BCUT2D eigenvalue weighted by Crippen LogP contribution is -2.41. The normalized spacial score (nSPS) is 17.6. The number of hydrogen-bond donors (Lipinski definition) is 1. The Hall–Kier alpha value is -2.86. The van der Waals surface area contributed by atoms with Crippen LogP contribution in [0.2, 0.25) is 0 Å². The van der Waals surface area contributed by atoms with Crippen LogP contribution in [0.3, 0.4) is 0 Å². The number of methoxy groups -OCH3 is 2. The van der Waals surface area contributed by atoms with Gasteiger partial charge in [0.15, 0.2) is 5.78 Å². The highest BCUT2D eigenvalue weighted by Crippen LogP contribution is 2.40. The Bertz CT molecular complexity index is 896. The van der Waals surface area contributed by atoms with Crippen LogP contribution in [0.25, 0.3) is 0 Å². The van der Waals surface area contributed by atoms with Crippen molar-refractivity contribution in [2.75, 3.05) is 26.1 Å². The van der Waals surface area contributed by atoms with Gasteiger partial charge in [0.1, 0.15) is 11.5 Å². The van der Waals surface area contributed by atoms with E-state index in [0.29, 0.717) is 11.3 Å². The molecule has 2 aromatic rings. The maximum absolute atomic E-state index is 12.9. The lowest BCUT2D eigenvalue weighted by Gasteiger charge is -2.31. The average Bonchev–Trinajstić information content (AvgIpc) is 3.22. The number of nitrogens with zero attached hydrogens (tertiary/aromatic N) is 1. The predicted molar refractivity (Wildman–Crippen MR) is 113 cm³/mol. The van der Waals surface area contributed by atoms with E-state index >= 15 is 0 Å². The molecule has 154 valence electrons. The molecule has 0 aliphatic carbocycles. The second-order valence-corrected chi connectivity index (χ2v) is 7.31. The molecule has 0 spiro atoms. The molecule has 0 bridgehead atoms. The zero-order valence-electron chi connectivity index (χ0n) is 17.4. The van der Waals surface area contributed by atoms with Crippen molar-refractivity contribution in [2.45, 2.75) is 38.8 Å². The van der Waals surface area contributed by atoms with Gasteiger partial charge in [-0.25, -0.2) is 0 Å². The van der Waals surface area contributed by atoms with Crippen molar-refractivity contribution in [3.63, 3.8) is 0 Å². The standard InChI is InChI=1S/C23H28N2O4/c1-15(23(27)24-18-8-5-7-17(13-18)16(2)26)25-12-6-9-21(25)20-14-19(28-3)10-11-22(20)29-4/h5,7-8,10-11,13-15,21H,6,9,12H2,1-4H3,(H,24,27)/t15-,21+/m0/s1. The Kier molecular flexibility index (Phi) is 6.54. The number of hydrogen-bond acceptors (Lipinski definition) is 5. The SMILES string of the molecule is COc1ccc(OC)c([C@H]2CCCN2[C@@H](C)C(=O)Nc2cccc(C(C)=O)c2)c1. The third-order valence-corrected chi connectivity index (χ3v) is 5.50. The Morgan fingerprint density at radius 3 is 2.62 bits per heavy atom. The van der Waals surface area contributed by atoms with E-state index in [1.54, 1.807) is 38.5 Å². The number of Topliss-reactive ketones (excluding diaryl/α,β-unsaturated/α-hetero) is 1. The minimum Gasteiger partial charge on any atom is -0.497 e. The molecule has 1 amide bonds. The van der Waals surface area contributed by atoms with E-state index in [0.717, 1.165) is 36.4 Å². The van der Waals surface area contributed by atoms with Gasteiger partial charge in [-0.1, -0.05) is 12.1 Å². The summed E-state index contributed by atoms with van der Waals surface area (Å²) in [6.07, 6.45) is 1.95. The highest BCUT2D eigenvalue weighted by molar-refractivity contribution is 5.98. The molecule has 0 radical (unpaired) electrons. The number of carbonyl (C=O) groups is 2. The van der Waals surface area contributed by atoms with Crippen molar-refractivity contribution in [1.82, 2.24) is 4.90 Å². The zero-order chi connectivity index (χ0) is 21.0. The van der Waals surface area contributed by atoms with Crippen LogP contribution in [0.4, 0.5) is 5.69 Å². The average molecular weight is 396 g/mol. The van der Waals surface area contributed by atoms with E-state index < -0.39 is 0 Å². The topological polar surface area (TPSA) is 67.9 Å². The summed E-state index contributed by atoms with van der Waals surface area (Å²) in [5.41, 5.74) is 2.24. The Morgan fingerprint density at radius 1 is 1.14 bits per heavy atom. The fourth-order valence-electron chi connectivity index (χ4n) is 3.90. The number of anilines is 1. The molecule has 1 fully saturated rings. The van der Waals surface area contributed by atoms with Gasteiger partial charge in [-0.3, -0.25) is 14.5 Å². The van der Waals surface area contributed by atoms with Crippen LogP contribution in [0.15, 0.2) is 42.5 Å². The molecule has 1 aliphatic heterocycles. The number of nitrogens with one attached hydrogen (secondary N) is 1. The van der Waals surface area contributed by atoms with Crippen molar-refractivity contribution in [1.29, 1.82) is 0 Å². The number of carbonyl (C=O) groups excluding carboxylic acids is 2.